The molecule has 1 saturated heterocycles. The lowest BCUT2D eigenvalue weighted by molar-refractivity contribution is 0.0909. The number of halogens is 1. The number of piperazine rings is 1. The highest BCUT2D eigenvalue weighted by Gasteiger charge is 2.17. The lowest BCUT2D eigenvalue weighted by atomic mass is 10.3. The van der Waals surface area contributed by atoms with Crippen molar-refractivity contribution in [3.63, 3.8) is 0 Å². The summed E-state index contributed by atoms with van der Waals surface area (Å²) in [5.74, 6) is 0.718. The molecule has 1 aromatic carbocycles. The van der Waals surface area contributed by atoms with Crippen LogP contribution in [0.3, 0.4) is 0 Å². The number of carbonyl (C=O) groups is 1. The maximum atomic E-state index is 12.4. The van der Waals surface area contributed by atoms with Gasteiger partial charge in [-0.25, -0.2) is 0 Å². The van der Waals surface area contributed by atoms with Gasteiger partial charge in [0.25, 0.3) is 5.91 Å². The molecular formula is C20H26ClN3O3S. The zero-order chi connectivity index (χ0) is 19.9. The third kappa shape index (κ3) is 5.91. The Labute approximate surface area is 173 Å². The standard InChI is InChI=1S/C20H26ClN3O3S/c1-2-23-10-12-24(13-11-23)9-8-22-20(25)19-7-6-17(27-19)15-28(26)18-5-3-4-16(21)14-18/h3-7,14H,2,8-13,15H2,1H3,(H,22,25). The third-order valence-corrected chi connectivity index (χ3v) is 6.41. The van der Waals surface area contributed by atoms with Crippen LogP contribution in [-0.2, 0) is 16.6 Å². The van der Waals surface area contributed by atoms with Crippen LogP contribution in [0.5, 0.6) is 0 Å². The van der Waals surface area contributed by atoms with Gasteiger partial charge in [0.05, 0.1) is 16.6 Å². The summed E-state index contributed by atoms with van der Waals surface area (Å²) in [5.41, 5.74) is 0. The molecule has 152 valence electrons. The summed E-state index contributed by atoms with van der Waals surface area (Å²) in [5, 5.41) is 3.44. The predicted octanol–water partition coefficient (Wildman–Crippen LogP) is 2.61. The second-order valence-electron chi connectivity index (χ2n) is 6.74. The van der Waals surface area contributed by atoms with Gasteiger partial charge in [0.15, 0.2) is 5.76 Å². The molecule has 0 aliphatic carbocycles. The van der Waals surface area contributed by atoms with Gasteiger partial charge in [-0.1, -0.05) is 24.6 Å². The van der Waals surface area contributed by atoms with E-state index in [9.17, 15) is 9.00 Å². The molecule has 8 heteroatoms. The van der Waals surface area contributed by atoms with Gasteiger partial charge in [-0.05, 0) is 36.9 Å². The van der Waals surface area contributed by atoms with Gasteiger partial charge >= 0.3 is 0 Å². The van der Waals surface area contributed by atoms with E-state index in [1.807, 2.05) is 0 Å². The fourth-order valence-corrected chi connectivity index (χ4v) is 4.47. The summed E-state index contributed by atoms with van der Waals surface area (Å²) < 4.78 is 18.0. The molecule has 1 atom stereocenters. The number of amides is 1. The lowest BCUT2D eigenvalue weighted by Crippen LogP contribution is -2.48. The van der Waals surface area contributed by atoms with E-state index in [1.165, 1.54) is 0 Å². The molecule has 1 fully saturated rings. The van der Waals surface area contributed by atoms with Crippen molar-refractivity contribution in [3.05, 3.63) is 52.9 Å². The number of hydrogen-bond donors (Lipinski definition) is 1. The molecule has 2 heterocycles. The maximum absolute atomic E-state index is 12.4. The molecule has 0 radical (unpaired) electrons. The first-order chi connectivity index (χ1) is 13.5. The van der Waals surface area contributed by atoms with Gasteiger partial charge in [-0.2, -0.15) is 0 Å². The number of carbonyl (C=O) groups excluding carboxylic acids is 1. The lowest BCUT2D eigenvalue weighted by Gasteiger charge is -2.33. The van der Waals surface area contributed by atoms with Crippen molar-refractivity contribution < 1.29 is 13.4 Å². The minimum atomic E-state index is -1.28. The van der Waals surface area contributed by atoms with Gasteiger partial charge < -0.3 is 14.6 Å². The Morgan fingerprint density at radius 2 is 1.93 bits per heavy atom. The van der Waals surface area contributed by atoms with Crippen LogP contribution in [0.2, 0.25) is 5.02 Å². The number of benzene rings is 1. The summed E-state index contributed by atoms with van der Waals surface area (Å²) in [6.07, 6.45) is 0. The Kier molecular flexibility index (Phi) is 7.67. The van der Waals surface area contributed by atoms with Crippen molar-refractivity contribution in [1.82, 2.24) is 15.1 Å². The number of nitrogens with zero attached hydrogens (tertiary/aromatic N) is 2. The summed E-state index contributed by atoms with van der Waals surface area (Å²) in [4.78, 5) is 17.7. The molecule has 6 nitrogen and oxygen atoms in total. The van der Waals surface area contributed by atoms with Crippen molar-refractivity contribution in [2.45, 2.75) is 17.6 Å². The Morgan fingerprint density at radius 3 is 2.64 bits per heavy atom. The van der Waals surface area contributed by atoms with Gasteiger partial charge in [0.1, 0.15) is 5.76 Å². The van der Waals surface area contributed by atoms with Crippen LogP contribution in [0.1, 0.15) is 23.2 Å². The molecule has 1 aliphatic rings. The average molecular weight is 424 g/mol. The first-order valence-electron chi connectivity index (χ1n) is 9.50. The monoisotopic (exact) mass is 423 g/mol. The Bertz CT molecular complexity index is 819. The van der Waals surface area contributed by atoms with E-state index in [0.29, 0.717) is 22.2 Å². The van der Waals surface area contributed by atoms with E-state index < -0.39 is 10.8 Å². The van der Waals surface area contributed by atoms with Gasteiger partial charge in [-0.3, -0.25) is 13.9 Å². The predicted molar refractivity (Wildman–Crippen MR) is 111 cm³/mol. The van der Waals surface area contributed by atoms with E-state index >= 15 is 0 Å². The number of likely N-dealkylation sites (N-methyl/N-ethyl adjacent to an activating group) is 1. The van der Waals surface area contributed by atoms with Gasteiger partial charge in [0, 0.05) is 49.2 Å². The van der Waals surface area contributed by atoms with Crippen LogP contribution in [-0.4, -0.2) is 65.7 Å². The van der Waals surface area contributed by atoms with E-state index in [1.54, 1.807) is 36.4 Å². The normalized spacial score (nSPS) is 16.8. The molecule has 0 spiro atoms. The fraction of sp³-hybridized carbons (Fsp3) is 0.450. The average Bonchev–Trinajstić information content (AvgIpc) is 3.17. The first-order valence-corrected chi connectivity index (χ1v) is 11.2. The number of hydrogen-bond acceptors (Lipinski definition) is 5. The Morgan fingerprint density at radius 1 is 1.18 bits per heavy atom. The van der Waals surface area contributed by atoms with Crippen LogP contribution < -0.4 is 5.32 Å². The van der Waals surface area contributed by atoms with Crippen molar-refractivity contribution in [3.8, 4) is 0 Å². The molecule has 0 saturated carbocycles. The molecule has 1 amide bonds. The molecule has 1 aliphatic heterocycles. The smallest absolute Gasteiger partial charge is 0.287 e. The summed E-state index contributed by atoms with van der Waals surface area (Å²) in [6, 6.07) is 10.3. The first kappa shape index (κ1) is 21.0. The summed E-state index contributed by atoms with van der Waals surface area (Å²) >= 11 is 5.94. The molecule has 28 heavy (non-hydrogen) atoms. The number of nitrogens with one attached hydrogen (secondary N) is 1. The summed E-state index contributed by atoms with van der Waals surface area (Å²) in [6.45, 7) is 8.90. The molecule has 1 N–H and O–H groups in total. The molecule has 1 unspecified atom stereocenters. The van der Waals surface area contributed by atoms with Crippen molar-refractivity contribution in [2.24, 2.45) is 0 Å². The largest absolute Gasteiger partial charge is 0.455 e. The molecule has 2 aromatic rings. The molecule has 3 rings (SSSR count). The highest BCUT2D eigenvalue weighted by molar-refractivity contribution is 7.84. The van der Waals surface area contributed by atoms with Crippen molar-refractivity contribution in [2.75, 3.05) is 45.8 Å². The topological polar surface area (TPSA) is 65.8 Å². The zero-order valence-corrected chi connectivity index (χ0v) is 17.6. The van der Waals surface area contributed by atoms with Crippen LogP contribution >= 0.6 is 11.6 Å². The zero-order valence-electron chi connectivity index (χ0n) is 16.0. The molecule has 0 bridgehead atoms. The van der Waals surface area contributed by atoms with Crippen molar-refractivity contribution >= 4 is 28.3 Å². The van der Waals surface area contributed by atoms with Crippen LogP contribution in [0.25, 0.3) is 0 Å². The molecular weight excluding hydrogens is 398 g/mol. The Hall–Kier alpha value is -1.67. The number of furan rings is 1. The second-order valence-corrected chi connectivity index (χ2v) is 8.63. The van der Waals surface area contributed by atoms with Gasteiger partial charge in [0.2, 0.25) is 0 Å². The van der Waals surface area contributed by atoms with E-state index in [2.05, 4.69) is 22.0 Å². The Balaban J connectivity index is 1.44. The molecule has 1 aromatic heterocycles. The summed E-state index contributed by atoms with van der Waals surface area (Å²) in [7, 11) is -1.28. The quantitative estimate of drug-likeness (QED) is 0.707. The minimum absolute atomic E-state index is 0.204. The third-order valence-electron chi connectivity index (χ3n) is 4.84. The van der Waals surface area contributed by atoms with Crippen LogP contribution in [0.15, 0.2) is 45.7 Å². The number of rotatable bonds is 8. The maximum Gasteiger partial charge on any atom is 0.287 e. The SMILES string of the molecule is CCN1CCN(CCNC(=O)c2ccc(CS(=O)c3cccc(Cl)c3)o2)CC1. The van der Waals surface area contributed by atoms with Crippen LogP contribution in [0.4, 0.5) is 0 Å². The fourth-order valence-electron chi connectivity index (χ4n) is 3.14. The highest BCUT2D eigenvalue weighted by Crippen LogP contribution is 2.18. The second kappa shape index (κ2) is 10.2. The van der Waals surface area contributed by atoms with Crippen LogP contribution in [0, 0.1) is 0 Å². The highest BCUT2D eigenvalue weighted by atomic mass is 35.5. The van der Waals surface area contributed by atoms with E-state index in [0.717, 1.165) is 39.3 Å². The van der Waals surface area contributed by atoms with Crippen molar-refractivity contribution in [1.29, 1.82) is 0 Å². The minimum Gasteiger partial charge on any atom is -0.455 e. The van der Waals surface area contributed by atoms with E-state index in [4.69, 9.17) is 16.0 Å². The van der Waals surface area contributed by atoms with Gasteiger partial charge in [-0.15, -0.1) is 0 Å². The van der Waals surface area contributed by atoms with E-state index in [-0.39, 0.29) is 17.4 Å².